The van der Waals surface area contributed by atoms with Crippen molar-refractivity contribution in [3.8, 4) is 5.75 Å². The van der Waals surface area contributed by atoms with Crippen LogP contribution in [0.2, 0.25) is 0 Å². The summed E-state index contributed by atoms with van der Waals surface area (Å²) in [6, 6.07) is 8.28. The van der Waals surface area contributed by atoms with E-state index in [4.69, 9.17) is 9.47 Å². The molecule has 112 valence electrons. The van der Waals surface area contributed by atoms with Gasteiger partial charge in [-0.05, 0) is 38.6 Å². The minimum atomic E-state index is -0.0347. The Hall–Kier alpha value is -1.10. The first-order chi connectivity index (χ1) is 9.59. The predicted molar refractivity (Wildman–Crippen MR) is 81.2 cm³/mol. The van der Waals surface area contributed by atoms with Gasteiger partial charge in [0.05, 0.1) is 12.2 Å². The molecule has 4 nitrogen and oxygen atoms in total. The Morgan fingerprint density at radius 3 is 2.70 bits per heavy atom. The van der Waals surface area contributed by atoms with Gasteiger partial charge in [0.25, 0.3) is 0 Å². The van der Waals surface area contributed by atoms with Gasteiger partial charge in [-0.1, -0.05) is 12.1 Å². The summed E-state index contributed by atoms with van der Waals surface area (Å²) in [6.07, 6.45) is 0. The van der Waals surface area contributed by atoms with Crippen molar-refractivity contribution < 1.29 is 9.47 Å². The predicted octanol–water partition coefficient (Wildman–Crippen LogP) is 1.90. The molecule has 0 bridgehead atoms. The summed E-state index contributed by atoms with van der Waals surface area (Å²) in [5.41, 5.74) is 1.24. The normalized spacial score (nSPS) is 18.9. The Morgan fingerprint density at radius 2 is 2.05 bits per heavy atom. The number of hydrogen-bond acceptors (Lipinski definition) is 4. The van der Waals surface area contributed by atoms with Gasteiger partial charge < -0.3 is 14.8 Å². The molecule has 0 aliphatic carbocycles. The highest BCUT2D eigenvalue weighted by molar-refractivity contribution is 5.27. The van der Waals surface area contributed by atoms with Crippen LogP contribution < -0.4 is 10.1 Å². The summed E-state index contributed by atoms with van der Waals surface area (Å²) in [4.78, 5) is 2.40. The van der Waals surface area contributed by atoms with Gasteiger partial charge in [0, 0.05) is 26.2 Å². The largest absolute Gasteiger partial charge is 0.492 e. The molecule has 0 spiro atoms. The molecule has 1 aromatic carbocycles. The highest BCUT2D eigenvalue weighted by Gasteiger charge is 2.26. The highest BCUT2D eigenvalue weighted by atomic mass is 16.5. The van der Waals surface area contributed by atoms with E-state index in [0.717, 1.165) is 45.1 Å². The van der Waals surface area contributed by atoms with E-state index in [1.54, 1.807) is 0 Å². The first-order valence-electron chi connectivity index (χ1n) is 7.32. The number of benzene rings is 1. The fraction of sp³-hybridized carbons (Fsp3) is 0.625. The second-order valence-corrected chi connectivity index (χ2v) is 5.91. The molecule has 1 aliphatic rings. The fourth-order valence-corrected chi connectivity index (χ4v) is 2.51. The molecule has 1 aromatic rings. The summed E-state index contributed by atoms with van der Waals surface area (Å²) >= 11 is 0. The Bertz CT molecular complexity index is 403. The molecular weight excluding hydrogens is 252 g/mol. The number of rotatable bonds is 6. The Kier molecular flexibility index (Phi) is 5.40. The second-order valence-electron chi connectivity index (χ2n) is 5.91. The Morgan fingerprint density at radius 1 is 1.30 bits per heavy atom. The molecule has 0 saturated carbocycles. The standard InChI is InChI=1S/C16H26N2O2/c1-16(2)13-18(9-11-20-16)8-10-19-15-6-4-14(5-7-15)12-17-3/h4-7,17H,8-13H2,1-3H3. The van der Waals surface area contributed by atoms with Crippen LogP contribution in [0.1, 0.15) is 19.4 Å². The number of nitrogens with one attached hydrogen (secondary N) is 1. The van der Waals surface area contributed by atoms with Crippen LogP contribution in [0.3, 0.4) is 0 Å². The maximum atomic E-state index is 5.81. The average Bonchev–Trinajstić information content (AvgIpc) is 2.40. The van der Waals surface area contributed by atoms with Gasteiger partial charge >= 0.3 is 0 Å². The minimum Gasteiger partial charge on any atom is -0.492 e. The molecule has 1 aliphatic heterocycles. The third kappa shape index (κ3) is 4.78. The van der Waals surface area contributed by atoms with Gasteiger partial charge in [-0.15, -0.1) is 0 Å². The van der Waals surface area contributed by atoms with E-state index in [9.17, 15) is 0 Å². The van der Waals surface area contributed by atoms with E-state index in [-0.39, 0.29) is 5.60 Å². The third-order valence-electron chi connectivity index (χ3n) is 3.49. The number of morpholine rings is 1. The molecule has 0 radical (unpaired) electrons. The summed E-state index contributed by atoms with van der Waals surface area (Å²) in [6.45, 7) is 9.62. The van der Waals surface area contributed by atoms with Gasteiger partial charge in [0.1, 0.15) is 12.4 Å². The van der Waals surface area contributed by atoms with Crippen LogP contribution in [0.15, 0.2) is 24.3 Å². The summed E-state index contributed by atoms with van der Waals surface area (Å²) in [5, 5.41) is 3.14. The summed E-state index contributed by atoms with van der Waals surface area (Å²) < 4.78 is 11.5. The zero-order valence-electron chi connectivity index (χ0n) is 12.8. The smallest absolute Gasteiger partial charge is 0.119 e. The van der Waals surface area contributed by atoms with Gasteiger partial charge in [-0.2, -0.15) is 0 Å². The topological polar surface area (TPSA) is 33.7 Å². The number of nitrogens with zero attached hydrogens (tertiary/aromatic N) is 1. The van der Waals surface area contributed by atoms with Gasteiger partial charge in [0.2, 0.25) is 0 Å². The van der Waals surface area contributed by atoms with Gasteiger partial charge in [-0.25, -0.2) is 0 Å². The maximum absolute atomic E-state index is 5.81. The van der Waals surface area contributed by atoms with Crippen molar-refractivity contribution in [2.24, 2.45) is 0 Å². The molecule has 0 unspecified atom stereocenters. The average molecular weight is 278 g/mol. The summed E-state index contributed by atoms with van der Waals surface area (Å²) in [5.74, 6) is 0.942. The van der Waals surface area contributed by atoms with Crippen molar-refractivity contribution in [1.29, 1.82) is 0 Å². The van der Waals surface area contributed by atoms with E-state index < -0.39 is 0 Å². The SMILES string of the molecule is CNCc1ccc(OCCN2CCOC(C)(C)C2)cc1. The lowest BCUT2D eigenvalue weighted by Crippen LogP contribution is -2.49. The van der Waals surface area contributed by atoms with Crippen molar-refractivity contribution in [2.75, 3.05) is 39.9 Å². The second kappa shape index (κ2) is 7.07. The molecule has 1 heterocycles. The van der Waals surface area contributed by atoms with Crippen LogP contribution in [-0.2, 0) is 11.3 Å². The zero-order valence-corrected chi connectivity index (χ0v) is 12.8. The van der Waals surface area contributed by atoms with Gasteiger partial charge in [-0.3, -0.25) is 4.90 Å². The molecule has 1 fully saturated rings. The molecule has 20 heavy (non-hydrogen) atoms. The summed E-state index contributed by atoms with van der Waals surface area (Å²) in [7, 11) is 1.95. The van der Waals surface area contributed by atoms with E-state index in [0.29, 0.717) is 0 Å². The zero-order chi connectivity index (χ0) is 14.4. The molecule has 0 amide bonds. The van der Waals surface area contributed by atoms with Crippen molar-refractivity contribution in [1.82, 2.24) is 10.2 Å². The first-order valence-corrected chi connectivity index (χ1v) is 7.32. The molecule has 1 saturated heterocycles. The highest BCUT2D eigenvalue weighted by Crippen LogP contribution is 2.16. The monoisotopic (exact) mass is 278 g/mol. The van der Waals surface area contributed by atoms with Crippen LogP contribution in [0.5, 0.6) is 5.75 Å². The van der Waals surface area contributed by atoms with Crippen LogP contribution in [0.25, 0.3) is 0 Å². The lowest BCUT2D eigenvalue weighted by molar-refractivity contribution is -0.0875. The lowest BCUT2D eigenvalue weighted by Gasteiger charge is -2.38. The quantitative estimate of drug-likeness (QED) is 0.861. The Labute approximate surface area is 122 Å². The Balaban J connectivity index is 1.72. The third-order valence-corrected chi connectivity index (χ3v) is 3.49. The number of hydrogen-bond donors (Lipinski definition) is 1. The van der Waals surface area contributed by atoms with Crippen molar-refractivity contribution >= 4 is 0 Å². The maximum Gasteiger partial charge on any atom is 0.119 e. The molecule has 2 rings (SSSR count). The van der Waals surface area contributed by atoms with Crippen molar-refractivity contribution in [2.45, 2.75) is 26.0 Å². The fourth-order valence-electron chi connectivity index (χ4n) is 2.51. The molecular formula is C16H26N2O2. The number of ether oxygens (including phenoxy) is 2. The molecule has 0 atom stereocenters. The molecule has 0 aromatic heterocycles. The molecule has 1 N–H and O–H groups in total. The van der Waals surface area contributed by atoms with Gasteiger partial charge in [0.15, 0.2) is 0 Å². The van der Waals surface area contributed by atoms with Crippen LogP contribution in [0.4, 0.5) is 0 Å². The van der Waals surface area contributed by atoms with Crippen LogP contribution >= 0.6 is 0 Å². The van der Waals surface area contributed by atoms with E-state index in [2.05, 4.69) is 36.2 Å². The van der Waals surface area contributed by atoms with Crippen molar-refractivity contribution in [3.63, 3.8) is 0 Å². The minimum absolute atomic E-state index is 0.0347. The lowest BCUT2D eigenvalue weighted by atomic mass is 10.1. The van der Waals surface area contributed by atoms with Crippen molar-refractivity contribution in [3.05, 3.63) is 29.8 Å². The first kappa shape index (κ1) is 15.3. The van der Waals surface area contributed by atoms with Crippen LogP contribution in [-0.4, -0.2) is 50.4 Å². The molecule has 4 heteroatoms. The van der Waals surface area contributed by atoms with Crippen LogP contribution in [0, 0.1) is 0 Å². The van der Waals surface area contributed by atoms with E-state index in [1.807, 2.05) is 19.2 Å². The van der Waals surface area contributed by atoms with E-state index >= 15 is 0 Å². The van der Waals surface area contributed by atoms with E-state index in [1.165, 1.54) is 5.56 Å².